The van der Waals surface area contributed by atoms with Gasteiger partial charge in [0.1, 0.15) is 0 Å². The number of hydrogen-bond donors (Lipinski definition) is 0. The van der Waals surface area contributed by atoms with Gasteiger partial charge in [-0.05, 0) is 72.0 Å². The summed E-state index contributed by atoms with van der Waals surface area (Å²) in [4.78, 5) is 8.56. The number of sulfonamides is 1. The molecule has 0 saturated carbocycles. The first-order valence-electron chi connectivity index (χ1n) is 10.6. The van der Waals surface area contributed by atoms with Crippen LogP contribution in [0.5, 0.6) is 0 Å². The van der Waals surface area contributed by atoms with E-state index in [-0.39, 0.29) is 10.9 Å². The molecule has 2 aromatic heterocycles. The SMILES string of the molecule is CC[C@@H](C)N(c1ccc(-c2cccnc2)cc1)S(=O)(=O)c1ccc(-c2cccnc2)cc1. The number of aromatic nitrogens is 2. The molecular formula is C26H25N3O2S. The molecule has 0 radical (unpaired) electrons. The Bertz CT molecular complexity index is 1260. The number of nitrogens with zero attached hydrogens (tertiary/aromatic N) is 3. The number of benzene rings is 2. The summed E-state index contributed by atoms with van der Waals surface area (Å²) in [6.07, 6.45) is 7.69. The Morgan fingerprint density at radius 1 is 0.750 bits per heavy atom. The molecule has 0 amide bonds. The smallest absolute Gasteiger partial charge is 0.264 e. The number of pyridine rings is 2. The van der Waals surface area contributed by atoms with Crippen molar-refractivity contribution in [2.75, 3.05) is 4.31 Å². The van der Waals surface area contributed by atoms with Crippen molar-refractivity contribution in [1.82, 2.24) is 9.97 Å². The monoisotopic (exact) mass is 443 g/mol. The van der Waals surface area contributed by atoms with Gasteiger partial charge < -0.3 is 0 Å². The van der Waals surface area contributed by atoms with Crippen LogP contribution in [0.2, 0.25) is 0 Å². The van der Waals surface area contributed by atoms with E-state index in [1.807, 2.05) is 74.5 Å². The Morgan fingerprint density at radius 3 is 1.69 bits per heavy atom. The third-order valence-electron chi connectivity index (χ3n) is 5.51. The lowest BCUT2D eigenvalue weighted by Crippen LogP contribution is -2.38. The predicted molar refractivity (Wildman–Crippen MR) is 129 cm³/mol. The molecule has 6 heteroatoms. The van der Waals surface area contributed by atoms with E-state index in [1.165, 1.54) is 4.31 Å². The van der Waals surface area contributed by atoms with Gasteiger partial charge in [0.25, 0.3) is 10.0 Å². The lowest BCUT2D eigenvalue weighted by molar-refractivity contribution is 0.577. The second-order valence-corrected chi connectivity index (χ2v) is 9.43. The van der Waals surface area contributed by atoms with Crippen molar-refractivity contribution in [3.63, 3.8) is 0 Å². The van der Waals surface area contributed by atoms with Gasteiger partial charge in [0.2, 0.25) is 0 Å². The Labute approximate surface area is 189 Å². The van der Waals surface area contributed by atoms with E-state index in [9.17, 15) is 8.42 Å². The maximum absolute atomic E-state index is 13.6. The molecule has 0 N–H and O–H groups in total. The van der Waals surface area contributed by atoms with Crippen LogP contribution in [0, 0.1) is 0 Å². The van der Waals surface area contributed by atoms with Gasteiger partial charge >= 0.3 is 0 Å². The first-order valence-corrected chi connectivity index (χ1v) is 12.0. The van der Waals surface area contributed by atoms with E-state index in [1.54, 1.807) is 36.9 Å². The maximum Gasteiger partial charge on any atom is 0.264 e. The summed E-state index contributed by atoms with van der Waals surface area (Å²) in [6.45, 7) is 3.92. The van der Waals surface area contributed by atoms with Crippen molar-refractivity contribution < 1.29 is 8.42 Å². The zero-order valence-corrected chi connectivity index (χ0v) is 18.9. The van der Waals surface area contributed by atoms with E-state index in [0.29, 0.717) is 12.1 Å². The van der Waals surface area contributed by atoms with Crippen LogP contribution < -0.4 is 4.31 Å². The van der Waals surface area contributed by atoms with Gasteiger partial charge in [-0.25, -0.2) is 8.42 Å². The summed E-state index contributed by atoms with van der Waals surface area (Å²) < 4.78 is 28.8. The number of hydrogen-bond acceptors (Lipinski definition) is 4. The van der Waals surface area contributed by atoms with Crippen LogP contribution in [0.1, 0.15) is 20.3 Å². The highest BCUT2D eigenvalue weighted by atomic mass is 32.2. The summed E-state index contributed by atoms with van der Waals surface area (Å²) in [6, 6.07) is 22.0. The third-order valence-corrected chi connectivity index (χ3v) is 7.47. The standard InChI is InChI=1S/C26H25N3O2S/c1-3-20(2)29(25-12-8-21(9-13-25)23-6-4-16-27-18-23)32(30,31)26-14-10-22(11-15-26)24-7-5-17-28-19-24/h4-20H,3H2,1-2H3/t20-/m1/s1. The van der Waals surface area contributed by atoms with E-state index < -0.39 is 10.0 Å². The zero-order chi connectivity index (χ0) is 22.6. The van der Waals surface area contributed by atoms with Crippen LogP contribution in [-0.2, 0) is 10.0 Å². The van der Waals surface area contributed by atoms with Gasteiger partial charge in [0.15, 0.2) is 0 Å². The molecule has 5 nitrogen and oxygen atoms in total. The molecule has 0 unspecified atom stereocenters. The Morgan fingerprint density at radius 2 is 1.25 bits per heavy atom. The molecule has 32 heavy (non-hydrogen) atoms. The highest BCUT2D eigenvalue weighted by Crippen LogP contribution is 2.30. The molecular weight excluding hydrogens is 418 g/mol. The van der Waals surface area contributed by atoms with E-state index in [2.05, 4.69) is 9.97 Å². The molecule has 4 aromatic rings. The first-order chi connectivity index (χ1) is 15.5. The van der Waals surface area contributed by atoms with E-state index in [0.717, 1.165) is 22.3 Å². The average molecular weight is 444 g/mol. The van der Waals surface area contributed by atoms with Gasteiger partial charge in [-0.1, -0.05) is 43.3 Å². The van der Waals surface area contributed by atoms with Crippen LogP contribution in [0.25, 0.3) is 22.3 Å². The van der Waals surface area contributed by atoms with Crippen LogP contribution in [0.3, 0.4) is 0 Å². The quantitative estimate of drug-likeness (QED) is 0.362. The van der Waals surface area contributed by atoms with Crippen LogP contribution in [-0.4, -0.2) is 24.4 Å². The maximum atomic E-state index is 13.6. The Balaban J connectivity index is 1.68. The molecule has 0 fully saturated rings. The van der Waals surface area contributed by atoms with Gasteiger partial charge in [-0.3, -0.25) is 14.3 Å². The molecule has 2 aromatic carbocycles. The molecule has 0 spiro atoms. The third kappa shape index (κ3) is 4.41. The lowest BCUT2D eigenvalue weighted by atomic mass is 10.1. The van der Waals surface area contributed by atoms with Gasteiger partial charge in [0.05, 0.1) is 10.6 Å². The van der Waals surface area contributed by atoms with E-state index >= 15 is 0 Å². The molecule has 1 atom stereocenters. The summed E-state index contributed by atoms with van der Waals surface area (Å²) in [5, 5.41) is 0. The van der Waals surface area contributed by atoms with Crippen molar-refractivity contribution >= 4 is 15.7 Å². The summed E-state index contributed by atoms with van der Waals surface area (Å²) in [5.74, 6) is 0. The highest BCUT2D eigenvalue weighted by molar-refractivity contribution is 7.92. The fourth-order valence-electron chi connectivity index (χ4n) is 3.60. The van der Waals surface area contributed by atoms with E-state index in [4.69, 9.17) is 0 Å². The topological polar surface area (TPSA) is 63.2 Å². The first kappa shape index (κ1) is 21.7. The molecule has 4 rings (SSSR count). The van der Waals surface area contributed by atoms with Gasteiger partial charge in [0, 0.05) is 30.8 Å². The van der Waals surface area contributed by atoms with Crippen molar-refractivity contribution in [3.8, 4) is 22.3 Å². The zero-order valence-electron chi connectivity index (χ0n) is 18.1. The lowest BCUT2D eigenvalue weighted by Gasteiger charge is -2.30. The molecule has 0 bridgehead atoms. The number of anilines is 1. The molecule has 0 aliphatic rings. The van der Waals surface area contributed by atoms with Crippen LogP contribution in [0.4, 0.5) is 5.69 Å². The fraction of sp³-hybridized carbons (Fsp3) is 0.154. The second kappa shape index (κ2) is 9.32. The molecule has 0 aliphatic heterocycles. The minimum atomic E-state index is -3.74. The van der Waals surface area contributed by atoms with Crippen LogP contribution >= 0.6 is 0 Å². The second-order valence-electron chi connectivity index (χ2n) is 7.61. The molecule has 0 aliphatic carbocycles. The fourth-order valence-corrected chi connectivity index (χ4v) is 5.33. The largest absolute Gasteiger partial charge is 0.264 e. The molecule has 2 heterocycles. The van der Waals surface area contributed by atoms with Crippen molar-refractivity contribution in [2.45, 2.75) is 31.2 Å². The van der Waals surface area contributed by atoms with Crippen molar-refractivity contribution in [2.24, 2.45) is 0 Å². The predicted octanol–water partition coefficient (Wildman–Crippen LogP) is 5.80. The van der Waals surface area contributed by atoms with Crippen molar-refractivity contribution in [1.29, 1.82) is 0 Å². The number of rotatable bonds is 7. The average Bonchev–Trinajstić information content (AvgIpc) is 2.85. The molecule has 0 saturated heterocycles. The summed E-state index contributed by atoms with van der Waals surface area (Å²) >= 11 is 0. The highest BCUT2D eigenvalue weighted by Gasteiger charge is 2.28. The van der Waals surface area contributed by atoms with Crippen LogP contribution in [0.15, 0.2) is 102 Å². The minimum Gasteiger partial charge on any atom is -0.264 e. The summed E-state index contributed by atoms with van der Waals surface area (Å²) in [7, 11) is -3.74. The van der Waals surface area contributed by atoms with Gasteiger partial charge in [-0.15, -0.1) is 0 Å². The molecule has 162 valence electrons. The van der Waals surface area contributed by atoms with Gasteiger partial charge in [-0.2, -0.15) is 0 Å². The Hall–Kier alpha value is -3.51. The Kier molecular flexibility index (Phi) is 6.32. The van der Waals surface area contributed by atoms with Crippen molar-refractivity contribution in [3.05, 3.63) is 97.6 Å². The normalized spacial score (nSPS) is 12.3. The minimum absolute atomic E-state index is 0.192. The summed E-state index contributed by atoms with van der Waals surface area (Å²) in [5.41, 5.74) is 4.49.